The minimum atomic E-state index is -0.586. The summed E-state index contributed by atoms with van der Waals surface area (Å²) in [5.74, 6) is 2.71. The zero-order chi connectivity index (χ0) is 14.3. The zero-order valence-corrected chi connectivity index (χ0v) is 13.3. The molecule has 0 bridgehead atoms. The van der Waals surface area contributed by atoms with Gasteiger partial charge in [0.2, 0.25) is 0 Å². The Morgan fingerprint density at radius 2 is 1.48 bits per heavy atom. The van der Waals surface area contributed by atoms with Gasteiger partial charge in [-0.25, -0.2) is 0 Å². The second kappa shape index (κ2) is 5.33. The Morgan fingerprint density at radius 3 is 2.19 bits per heavy atom. The lowest BCUT2D eigenvalue weighted by Gasteiger charge is -2.25. The maximum absolute atomic E-state index is 11.0. The third-order valence-electron chi connectivity index (χ3n) is 5.16. The number of aliphatic hydroxyl groups is 1. The Morgan fingerprint density at radius 1 is 0.810 bits per heavy atom. The lowest BCUT2D eigenvalue weighted by Crippen LogP contribution is -2.21. The van der Waals surface area contributed by atoms with Crippen molar-refractivity contribution in [2.75, 3.05) is 11.5 Å². The summed E-state index contributed by atoms with van der Waals surface area (Å²) < 4.78 is 0. The summed E-state index contributed by atoms with van der Waals surface area (Å²) in [5, 5.41) is 13.7. The summed E-state index contributed by atoms with van der Waals surface area (Å²) in [6.45, 7) is 0. The van der Waals surface area contributed by atoms with Gasteiger partial charge in [0, 0.05) is 16.3 Å². The van der Waals surface area contributed by atoms with Gasteiger partial charge in [-0.3, -0.25) is 0 Å². The molecular weight excluding hydrogens is 276 g/mol. The number of hydrogen-bond acceptors (Lipinski definition) is 1. The van der Waals surface area contributed by atoms with Gasteiger partial charge in [0.25, 0.3) is 0 Å². The second-order valence-electron chi connectivity index (χ2n) is 6.50. The molecule has 0 aromatic heterocycles. The number of rotatable bonds is 2. The molecule has 21 heavy (non-hydrogen) atoms. The maximum atomic E-state index is 11.0. The van der Waals surface area contributed by atoms with Crippen LogP contribution in [0.15, 0.2) is 41.3 Å². The highest BCUT2D eigenvalue weighted by Crippen LogP contribution is 2.43. The van der Waals surface area contributed by atoms with Crippen LogP contribution in [0.2, 0.25) is 0 Å². The van der Waals surface area contributed by atoms with Crippen LogP contribution in [0.3, 0.4) is 0 Å². The topological polar surface area (TPSA) is 20.2 Å². The summed E-state index contributed by atoms with van der Waals surface area (Å²) in [7, 11) is 0.430. The molecule has 0 radical (unpaired) electrons. The molecule has 0 atom stereocenters. The first-order valence-electron chi connectivity index (χ1n) is 8.20. The lowest BCUT2D eigenvalue weighted by molar-refractivity contribution is 0.0460. The first kappa shape index (κ1) is 13.7. The summed E-state index contributed by atoms with van der Waals surface area (Å²) >= 11 is 0. The molecule has 0 amide bonds. The summed E-state index contributed by atoms with van der Waals surface area (Å²) in [6.07, 6.45) is 6.89. The molecule has 110 valence electrons. The normalized spacial score (nSPS) is 22.1. The molecule has 1 aliphatic heterocycles. The first-order valence-corrected chi connectivity index (χ1v) is 9.76. The fourth-order valence-corrected chi connectivity index (χ4v) is 6.53. The monoisotopic (exact) mass is 299 g/mol. The van der Waals surface area contributed by atoms with Crippen LogP contribution in [0.25, 0.3) is 10.8 Å². The smallest absolute Gasteiger partial charge is 0.162 e. The van der Waals surface area contributed by atoms with Crippen LogP contribution in [-0.2, 0) is 16.5 Å². The van der Waals surface area contributed by atoms with Gasteiger partial charge in [0.05, 0.1) is 5.60 Å². The minimum absolute atomic E-state index is 0.430. The van der Waals surface area contributed by atoms with Gasteiger partial charge >= 0.3 is 0 Å². The number of fused-ring (bicyclic) bond motifs is 1. The molecule has 1 nitrogen and oxygen atoms in total. The van der Waals surface area contributed by atoms with Crippen LogP contribution in [-0.4, -0.2) is 16.6 Å². The van der Waals surface area contributed by atoms with Crippen molar-refractivity contribution in [1.29, 1.82) is 0 Å². The van der Waals surface area contributed by atoms with E-state index in [-0.39, 0.29) is 0 Å². The van der Waals surface area contributed by atoms with E-state index < -0.39 is 5.60 Å². The van der Waals surface area contributed by atoms with E-state index in [0.29, 0.717) is 10.9 Å². The largest absolute Gasteiger partial charge is 0.385 e. The van der Waals surface area contributed by atoms with Crippen molar-refractivity contribution in [1.82, 2.24) is 0 Å². The Kier molecular flexibility index (Phi) is 3.47. The second-order valence-corrected chi connectivity index (χ2v) is 8.75. The Hall–Kier alpha value is -0.990. The van der Waals surface area contributed by atoms with Crippen LogP contribution in [0.4, 0.5) is 0 Å². The van der Waals surface area contributed by atoms with Crippen molar-refractivity contribution in [3.05, 3.63) is 42.0 Å². The zero-order valence-electron chi connectivity index (χ0n) is 12.5. The minimum Gasteiger partial charge on any atom is -0.385 e. The van der Waals surface area contributed by atoms with Gasteiger partial charge < -0.3 is 5.11 Å². The Bertz CT molecular complexity index is 652. The van der Waals surface area contributed by atoms with Crippen molar-refractivity contribution >= 4 is 21.7 Å². The molecule has 2 aromatic carbocycles. The fraction of sp³-hybridized carbons (Fsp3) is 0.474. The van der Waals surface area contributed by atoms with Gasteiger partial charge in [-0.2, -0.15) is 0 Å². The summed E-state index contributed by atoms with van der Waals surface area (Å²) in [4.78, 5) is 1.54. The van der Waals surface area contributed by atoms with E-state index >= 15 is 0 Å². The third kappa shape index (κ3) is 2.29. The molecule has 2 fully saturated rings. The fourth-order valence-electron chi connectivity index (χ4n) is 4.03. The van der Waals surface area contributed by atoms with Crippen LogP contribution < -0.4 is 0 Å². The molecule has 4 rings (SSSR count). The van der Waals surface area contributed by atoms with Gasteiger partial charge in [-0.15, -0.1) is 0 Å². The Labute approximate surface area is 129 Å². The van der Waals surface area contributed by atoms with E-state index in [2.05, 4.69) is 36.4 Å². The molecule has 2 aromatic rings. The van der Waals surface area contributed by atoms with Crippen LogP contribution in [0.5, 0.6) is 0 Å². The average molecular weight is 299 g/mol. The quantitative estimate of drug-likeness (QED) is 0.816. The standard InChI is InChI=1S/C19H23OS/c20-19(11-3-4-12-19)17-9-10-18(21-13-5-6-14-21)16-8-2-1-7-15(16)17/h1-2,7-10,20H,3-6,11-14H2/q+1. The van der Waals surface area contributed by atoms with Crippen molar-refractivity contribution in [3.8, 4) is 0 Å². The molecule has 1 heterocycles. The highest BCUT2D eigenvalue weighted by atomic mass is 32.2. The van der Waals surface area contributed by atoms with Gasteiger partial charge in [0.15, 0.2) is 4.90 Å². The molecule has 0 unspecified atom stereocenters. The van der Waals surface area contributed by atoms with E-state index in [9.17, 15) is 5.11 Å². The predicted octanol–water partition coefficient (Wildman–Crippen LogP) is 4.37. The maximum Gasteiger partial charge on any atom is 0.162 e. The first-order chi connectivity index (χ1) is 10.3. The molecule has 0 spiro atoms. The highest BCUT2D eigenvalue weighted by Gasteiger charge is 2.36. The van der Waals surface area contributed by atoms with Gasteiger partial charge in [-0.1, -0.05) is 37.1 Å². The SMILES string of the molecule is OC1(c2ccc([S+]3CCCC3)c3ccccc23)CCCC1. The number of benzene rings is 2. The van der Waals surface area contributed by atoms with E-state index in [1.54, 1.807) is 0 Å². The van der Waals surface area contributed by atoms with E-state index in [1.165, 1.54) is 45.6 Å². The van der Waals surface area contributed by atoms with Gasteiger partial charge in [0.1, 0.15) is 11.5 Å². The third-order valence-corrected chi connectivity index (χ3v) is 7.70. The van der Waals surface area contributed by atoms with Crippen molar-refractivity contribution in [3.63, 3.8) is 0 Å². The predicted molar refractivity (Wildman–Crippen MR) is 90.9 cm³/mol. The van der Waals surface area contributed by atoms with Crippen LogP contribution in [0, 0.1) is 0 Å². The molecule has 2 aliphatic rings. The highest BCUT2D eigenvalue weighted by molar-refractivity contribution is 7.97. The molecule has 1 aliphatic carbocycles. The molecule has 1 N–H and O–H groups in total. The van der Waals surface area contributed by atoms with Crippen molar-refractivity contribution in [2.45, 2.75) is 49.0 Å². The van der Waals surface area contributed by atoms with Gasteiger partial charge in [-0.05, 0) is 48.8 Å². The van der Waals surface area contributed by atoms with E-state index in [1.807, 2.05) is 0 Å². The summed E-state index contributed by atoms with van der Waals surface area (Å²) in [5.41, 5.74) is 0.582. The van der Waals surface area contributed by atoms with E-state index in [4.69, 9.17) is 0 Å². The molecule has 2 heteroatoms. The van der Waals surface area contributed by atoms with Crippen molar-refractivity contribution < 1.29 is 5.11 Å². The molecule has 1 saturated heterocycles. The van der Waals surface area contributed by atoms with E-state index in [0.717, 1.165) is 25.7 Å². The Balaban J connectivity index is 1.88. The van der Waals surface area contributed by atoms with Crippen molar-refractivity contribution in [2.24, 2.45) is 0 Å². The van der Waals surface area contributed by atoms with Crippen LogP contribution >= 0.6 is 0 Å². The lowest BCUT2D eigenvalue weighted by atomic mass is 9.88. The molecular formula is C19H23OS+. The number of hydrogen-bond donors (Lipinski definition) is 1. The average Bonchev–Trinajstić information content (AvgIpc) is 3.18. The van der Waals surface area contributed by atoms with Crippen LogP contribution in [0.1, 0.15) is 44.1 Å². The summed E-state index contributed by atoms with van der Waals surface area (Å²) in [6, 6.07) is 13.3. The molecule has 1 saturated carbocycles.